The van der Waals surface area contributed by atoms with E-state index >= 15 is 0 Å². The van der Waals surface area contributed by atoms with Crippen LogP contribution in [0, 0.1) is 6.92 Å². The van der Waals surface area contributed by atoms with Crippen molar-refractivity contribution in [3.8, 4) is 5.75 Å². The number of ether oxygens (including phenoxy) is 1. The molecule has 106 valence electrons. The molecule has 0 aliphatic heterocycles. The number of benzene rings is 1. The van der Waals surface area contributed by atoms with E-state index in [9.17, 15) is 4.79 Å². The van der Waals surface area contributed by atoms with Crippen LogP contribution in [-0.4, -0.2) is 21.8 Å². The van der Waals surface area contributed by atoms with Crippen molar-refractivity contribution in [3.05, 3.63) is 41.7 Å². The van der Waals surface area contributed by atoms with E-state index in [1.54, 1.807) is 17.8 Å². The Balaban J connectivity index is 2.22. The summed E-state index contributed by atoms with van der Waals surface area (Å²) in [5.41, 5.74) is 1.98. The van der Waals surface area contributed by atoms with Gasteiger partial charge in [-0.1, -0.05) is 12.1 Å². The molecule has 1 aromatic carbocycles. The third-order valence-electron chi connectivity index (χ3n) is 2.73. The molecule has 1 heterocycles. The minimum absolute atomic E-state index is 0.0481. The lowest BCUT2D eigenvalue weighted by Gasteiger charge is -2.14. The first kappa shape index (κ1) is 14.1. The minimum atomic E-state index is -0.201. The van der Waals surface area contributed by atoms with Crippen molar-refractivity contribution in [1.82, 2.24) is 9.78 Å². The molecule has 0 bridgehead atoms. The average Bonchev–Trinajstić information content (AvgIpc) is 2.70. The Labute approximate surface area is 118 Å². The highest BCUT2D eigenvalue weighted by Crippen LogP contribution is 2.25. The first-order chi connectivity index (χ1) is 9.47. The fourth-order valence-corrected chi connectivity index (χ4v) is 1.94. The molecule has 0 radical (unpaired) electrons. The van der Waals surface area contributed by atoms with Crippen LogP contribution in [0.4, 0.5) is 5.69 Å². The standard InChI is InChI=1S/C15H19N3O2/c1-10(2)20-14-8-6-5-7-12(14)16-15(19)13-9-11(3)17-18(13)4/h5-10H,1-4H3,(H,16,19). The molecule has 0 aliphatic rings. The molecule has 5 nitrogen and oxygen atoms in total. The zero-order chi connectivity index (χ0) is 14.7. The number of nitrogens with zero attached hydrogens (tertiary/aromatic N) is 2. The van der Waals surface area contributed by atoms with Crippen LogP contribution >= 0.6 is 0 Å². The van der Waals surface area contributed by atoms with Crippen LogP contribution in [0.5, 0.6) is 5.75 Å². The summed E-state index contributed by atoms with van der Waals surface area (Å²) < 4.78 is 7.25. The quantitative estimate of drug-likeness (QED) is 0.932. The number of hydrogen-bond acceptors (Lipinski definition) is 3. The lowest BCUT2D eigenvalue weighted by molar-refractivity contribution is 0.101. The van der Waals surface area contributed by atoms with Crippen LogP contribution in [-0.2, 0) is 7.05 Å². The number of nitrogens with one attached hydrogen (secondary N) is 1. The van der Waals surface area contributed by atoms with E-state index in [4.69, 9.17) is 4.74 Å². The van der Waals surface area contributed by atoms with Crippen LogP contribution < -0.4 is 10.1 Å². The number of carbonyl (C=O) groups excluding carboxylic acids is 1. The number of para-hydroxylation sites is 2. The van der Waals surface area contributed by atoms with Gasteiger partial charge in [-0.2, -0.15) is 5.10 Å². The van der Waals surface area contributed by atoms with Gasteiger partial charge in [0.05, 0.1) is 17.5 Å². The lowest BCUT2D eigenvalue weighted by Crippen LogP contribution is -2.17. The summed E-state index contributed by atoms with van der Waals surface area (Å²) in [6, 6.07) is 9.14. The summed E-state index contributed by atoms with van der Waals surface area (Å²) in [4.78, 5) is 12.3. The maximum absolute atomic E-state index is 12.3. The Morgan fingerprint density at radius 1 is 1.35 bits per heavy atom. The molecule has 0 aliphatic carbocycles. The van der Waals surface area contributed by atoms with Gasteiger partial charge in [0.2, 0.25) is 0 Å². The Bertz CT molecular complexity index is 617. The van der Waals surface area contributed by atoms with E-state index in [0.717, 1.165) is 5.69 Å². The topological polar surface area (TPSA) is 56.1 Å². The predicted molar refractivity (Wildman–Crippen MR) is 78.1 cm³/mol. The lowest BCUT2D eigenvalue weighted by atomic mass is 10.2. The molecule has 2 aromatic rings. The summed E-state index contributed by atoms with van der Waals surface area (Å²) in [5.74, 6) is 0.461. The van der Waals surface area contributed by atoms with E-state index in [0.29, 0.717) is 17.1 Å². The molecule has 2 rings (SSSR count). The van der Waals surface area contributed by atoms with Crippen LogP contribution in [0.2, 0.25) is 0 Å². The number of amides is 1. The normalized spacial score (nSPS) is 10.7. The highest BCUT2D eigenvalue weighted by molar-refractivity contribution is 6.03. The summed E-state index contributed by atoms with van der Waals surface area (Å²) in [6.45, 7) is 5.75. The smallest absolute Gasteiger partial charge is 0.274 e. The third kappa shape index (κ3) is 3.17. The minimum Gasteiger partial charge on any atom is -0.489 e. The SMILES string of the molecule is Cc1cc(C(=O)Nc2ccccc2OC(C)C)n(C)n1. The van der Waals surface area contributed by atoms with E-state index in [-0.39, 0.29) is 12.0 Å². The molecule has 0 saturated carbocycles. The van der Waals surface area contributed by atoms with Crippen molar-refractivity contribution in [2.24, 2.45) is 7.05 Å². The number of rotatable bonds is 4. The van der Waals surface area contributed by atoms with Gasteiger partial charge >= 0.3 is 0 Å². The van der Waals surface area contributed by atoms with Gasteiger partial charge in [-0.15, -0.1) is 0 Å². The van der Waals surface area contributed by atoms with Crippen molar-refractivity contribution in [3.63, 3.8) is 0 Å². The molecule has 1 amide bonds. The van der Waals surface area contributed by atoms with Crippen LogP contribution in [0.3, 0.4) is 0 Å². The van der Waals surface area contributed by atoms with Gasteiger partial charge in [-0.25, -0.2) is 0 Å². The Morgan fingerprint density at radius 2 is 2.05 bits per heavy atom. The molecular weight excluding hydrogens is 254 g/mol. The van der Waals surface area contributed by atoms with Gasteiger partial charge in [0, 0.05) is 7.05 Å². The highest BCUT2D eigenvalue weighted by atomic mass is 16.5. The highest BCUT2D eigenvalue weighted by Gasteiger charge is 2.14. The largest absolute Gasteiger partial charge is 0.489 e. The molecule has 0 unspecified atom stereocenters. The second-order valence-electron chi connectivity index (χ2n) is 4.91. The first-order valence-corrected chi connectivity index (χ1v) is 6.55. The molecular formula is C15H19N3O2. The van der Waals surface area contributed by atoms with E-state index in [1.165, 1.54) is 0 Å². The van der Waals surface area contributed by atoms with Crippen molar-refractivity contribution in [2.45, 2.75) is 26.9 Å². The Kier molecular flexibility index (Phi) is 4.08. The van der Waals surface area contributed by atoms with Crippen molar-refractivity contribution >= 4 is 11.6 Å². The zero-order valence-electron chi connectivity index (χ0n) is 12.2. The molecule has 20 heavy (non-hydrogen) atoms. The van der Waals surface area contributed by atoms with Gasteiger partial charge in [-0.3, -0.25) is 9.48 Å². The fraction of sp³-hybridized carbons (Fsp3) is 0.333. The van der Waals surface area contributed by atoms with Gasteiger partial charge in [0.25, 0.3) is 5.91 Å². The van der Waals surface area contributed by atoms with Crippen LogP contribution in [0.25, 0.3) is 0 Å². The predicted octanol–water partition coefficient (Wildman–Crippen LogP) is 2.77. The number of aryl methyl sites for hydroxylation is 2. The molecule has 0 fully saturated rings. The molecule has 5 heteroatoms. The van der Waals surface area contributed by atoms with Gasteiger partial charge in [-0.05, 0) is 39.0 Å². The fourth-order valence-electron chi connectivity index (χ4n) is 1.94. The molecule has 0 saturated heterocycles. The number of hydrogen-bond donors (Lipinski definition) is 1. The average molecular weight is 273 g/mol. The van der Waals surface area contributed by atoms with Gasteiger partial charge < -0.3 is 10.1 Å². The number of aromatic nitrogens is 2. The Morgan fingerprint density at radius 3 is 2.65 bits per heavy atom. The molecule has 0 spiro atoms. The summed E-state index contributed by atoms with van der Waals surface area (Å²) >= 11 is 0. The second kappa shape index (κ2) is 5.77. The monoisotopic (exact) mass is 273 g/mol. The molecule has 1 N–H and O–H groups in total. The maximum Gasteiger partial charge on any atom is 0.274 e. The number of carbonyl (C=O) groups is 1. The Hall–Kier alpha value is -2.30. The van der Waals surface area contributed by atoms with Crippen molar-refractivity contribution < 1.29 is 9.53 Å². The summed E-state index contributed by atoms with van der Waals surface area (Å²) in [5, 5.41) is 7.03. The third-order valence-corrected chi connectivity index (χ3v) is 2.73. The van der Waals surface area contributed by atoms with E-state index in [1.807, 2.05) is 45.0 Å². The molecule has 1 aromatic heterocycles. The summed E-state index contributed by atoms with van der Waals surface area (Å²) in [6.07, 6.45) is 0.0481. The number of anilines is 1. The van der Waals surface area contributed by atoms with E-state index < -0.39 is 0 Å². The molecule has 0 atom stereocenters. The van der Waals surface area contributed by atoms with Crippen molar-refractivity contribution in [1.29, 1.82) is 0 Å². The maximum atomic E-state index is 12.3. The van der Waals surface area contributed by atoms with E-state index in [2.05, 4.69) is 10.4 Å². The van der Waals surface area contributed by atoms with Gasteiger partial charge in [0.15, 0.2) is 0 Å². The zero-order valence-corrected chi connectivity index (χ0v) is 12.2. The summed E-state index contributed by atoms with van der Waals surface area (Å²) in [7, 11) is 1.75. The van der Waals surface area contributed by atoms with Crippen LogP contribution in [0.15, 0.2) is 30.3 Å². The van der Waals surface area contributed by atoms with Crippen molar-refractivity contribution in [2.75, 3.05) is 5.32 Å². The second-order valence-corrected chi connectivity index (χ2v) is 4.91. The first-order valence-electron chi connectivity index (χ1n) is 6.55. The van der Waals surface area contributed by atoms with Crippen LogP contribution in [0.1, 0.15) is 30.0 Å². The van der Waals surface area contributed by atoms with Gasteiger partial charge in [0.1, 0.15) is 11.4 Å².